The lowest BCUT2D eigenvalue weighted by Crippen LogP contribution is -2.55. The maximum absolute atomic E-state index is 12.1. The molecule has 1 amide bonds. The van der Waals surface area contributed by atoms with E-state index in [4.69, 9.17) is 5.73 Å². The number of carbonyl (C=O) groups is 1. The molecule has 0 bridgehead atoms. The van der Waals surface area contributed by atoms with Gasteiger partial charge in [0.25, 0.3) is 0 Å². The van der Waals surface area contributed by atoms with Crippen LogP contribution < -0.4 is 11.1 Å². The molecule has 0 aliphatic heterocycles. The molecule has 128 valence electrons. The van der Waals surface area contributed by atoms with Crippen molar-refractivity contribution in [3.63, 3.8) is 0 Å². The van der Waals surface area contributed by atoms with Gasteiger partial charge in [-0.2, -0.15) is 0 Å². The predicted molar refractivity (Wildman–Crippen MR) is 91.6 cm³/mol. The van der Waals surface area contributed by atoms with Crippen molar-refractivity contribution in [3.8, 4) is 0 Å². The first-order chi connectivity index (χ1) is 10.9. The number of hydrogen-bond donors (Lipinski definition) is 2. The summed E-state index contributed by atoms with van der Waals surface area (Å²) in [4.78, 5) is 12.1. The monoisotopic (exact) mass is 338 g/mol. The van der Waals surface area contributed by atoms with Crippen LogP contribution in [0.15, 0.2) is 30.3 Å². The Labute approximate surface area is 138 Å². The first-order valence-corrected chi connectivity index (χ1v) is 10.0. The van der Waals surface area contributed by atoms with Crippen LogP contribution in [0.25, 0.3) is 0 Å². The minimum atomic E-state index is -3.16. The fourth-order valence-electron chi connectivity index (χ4n) is 2.98. The van der Waals surface area contributed by atoms with Crippen LogP contribution in [-0.2, 0) is 20.4 Å². The van der Waals surface area contributed by atoms with Gasteiger partial charge in [-0.1, -0.05) is 49.6 Å². The molecule has 1 aromatic rings. The minimum absolute atomic E-state index is 0.0443. The van der Waals surface area contributed by atoms with Gasteiger partial charge in [0.15, 0.2) is 9.84 Å². The van der Waals surface area contributed by atoms with Gasteiger partial charge in [0.1, 0.15) is 0 Å². The fourth-order valence-corrected chi connectivity index (χ4v) is 4.41. The van der Waals surface area contributed by atoms with Crippen LogP contribution in [-0.4, -0.2) is 32.2 Å². The third kappa shape index (κ3) is 5.62. The number of sulfone groups is 1. The lowest BCUT2D eigenvalue weighted by atomic mass is 9.82. The average Bonchev–Trinajstić information content (AvgIpc) is 2.52. The van der Waals surface area contributed by atoms with Crippen LogP contribution in [0.5, 0.6) is 0 Å². The quantitative estimate of drug-likeness (QED) is 0.742. The second-order valence-electron chi connectivity index (χ2n) is 6.40. The number of benzene rings is 1. The fraction of sp³-hybridized carbons (Fsp3) is 0.588. The molecule has 0 atom stereocenters. The van der Waals surface area contributed by atoms with Crippen molar-refractivity contribution in [2.45, 2.75) is 49.8 Å². The molecule has 1 aliphatic carbocycles. The van der Waals surface area contributed by atoms with Crippen LogP contribution in [0.4, 0.5) is 0 Å². The third-order valence-electron chi connectivity index (χ3n) is 4.35. The van der Waals surface area contributed by atoms with Crippen molar-refractivity contribution in [2.24, 2.45) is 5.73 Å². The Balaban J connectivity index is 1.73. The number of hydrogen-bond acceptors (Lipinski definition) is 4. The molecule has 0 saturated heterocycles. The van der Waals surface area contributed by atoms with Gasteiger partial charge in [-0.25, -0.2) is 8.42 Å². The number of nitrogens with two attached hydrogens (primary N) is 1. The maximum Gasteiger partial charge on any atom is 0.240 e. The largest absolute Gasteiger partial charge is 0.354 e. The second-order valence-corrected chi connectivity index (χ2v) is 8.59. The summed E-state index contributed by atoms with van der Waals surface area (Å²) >= 11 is 0. The predicted octanol–water partition coefficient (Wildman–Crippen LogP) is 1.77. The van der Waals surface area contributed by atoms with E-state index in [2.05, 4.69) is 5.32 Å². The Morgan fingerprint density at radius 2 is 1.78 bits per heavy atom. The summed E-state index contributed by atoms with van der Waals surface area (Å²) < 4.78 is 24.1. The third-order valence-corrected chi connectivity index (χ3v) is 6.03. The number of carbonyl (C=O) groups excluding carboxylic acids is 1. The SMILES string of the molecule is NC1(C(=O)NCCCS(=O)(=O)Cc2ccccc2)CCCCC1. The van der Waals surface area contributed by atoms with Gasteiger partial charge >= 0.3 is 0 Å². The summed E-state index contributed by atoms with van der Waals surface area (Å²) in [6, 6.07) is 9.13. The average molecular weight is 338 g/mol. The van der Waals surface area contributed by atoms with Gasteiger partial charge in [-0.05, 0) is 24.8 Å². The van der Waals surface area contributed by atoms with Crippen LogP contribution in [0, 0.1) is 0 Å². The van der Waals surface area contributed by atoms with Gasteiger partial charge in [0, 0.05) is 6.54 Å². The van der Waals surface area contributed by atoms with E-state index in [1.54, 1.807) is 12.1 Å². The summed E-state index contributed by atoms with van der Waals surface area (Å²) in [5, 5.41) is 2.80. The molecule has 5 nitrogen and oxygen atoms in total. The summed E-state index contributed by atoms with van der Waals surface area (Å²) in [5.74, 6) is -0.0276. The number of amides is 1. The molecule has 0 unspecified atom stereocenters. The van der Waals surface area contributed by atoms with Crippen LogP contribution in [0.3, 0.4) is 0 Å². The van der Waals surface area contributed by atoms with Crippen LogP contribution in [0.2, 0.25) is 0 Å². The number of rotatable bonds is 7. The zero-order chi connectivity index (χ0) is 16.8. The lowest BCUT2D eigenvalue weighted by molar-refractivity contribution is -0.127. The zero-order valence-corrected chi connectivity index (χ0v) is 14.3. The normalized spacial score (nSPS) is 17.6. The van der Waals surface area contributed by atoms with Crippen molar-refractivity contribution in [3.05, 3.63) is 35.9 Å². The van der Waals surface area contributed by atoms with Gasteiger partial charge < -0.3 is 11.1 Å². The molecular formula is C17H26N2O3S. The van der Waals surface area contributed by atoms with E-state index in [0.717, 1.165) is 24.8 Å². The molecule has 0 aromatic heterocycles. The molecule has 1 fully saturated rings. The molecular weight excluding hydrogens is 312 g/mol. The summed E-state index contributed by atoms with van der Waals surface area (Å²) in [5.41, 5.74) is 6.17. The van der Waals surface area contributed by atoms with E-state index in [1.165, 1.54) is 0 Å². The maximum atomic E-state index is 12.1. The molecule has 0 spiro atoms. The van der Waals surface area contributed by atoms with Crippen molar-refractivity contribution < 1.29 is 13.2 Å². The molecule has 0 heterocycles. The molecule has 3 N–H and O–H groups in total. The molecule has 1 aliphatic rings. The molecule has 0 radical (unpaired) electrons. The topological polar surface area (TPSA) is 89.3 Å². The minimum Gasteiger partial charge on any atom is -0.354 e. The van der Waals surface area contributed by atoms with E-state index in [-0.39, 0.29) is 17.4 Å². The highest BCUT2D eigenvalue weighted by Gasteiger charge is 2.34. The Bertz CT molecular complexity index is 608. The van der Waals surface area contributed by atoms with E-state index >= 15 is 0 Å². The molecule has 1 saturated carbocycles. The Hall–Kier alpha value is -1.40. The molecule has 1 aromatic carbocycles. The summed E-state index contributed by atoms with van der Waals surface area (Å²) in [6.07, 6.45) is 4.93. The molecule has 6 heteroatoms. The van der Waals surface area contributed by atoms with Crippen molar-refractivity contribution >= 4 is 15.7 Å². The van der Waals surface area contributed by atoms with Gasteiger partial charge in [-0.3, -0.25) is 4.79 Å². The van der Waals surface area contributed by atoms with Crippen molar-refractivity contribution in [1.82, 2.24) is 5.32 Å². The lowest BCUT2D eigenvalue weighted by Gasteiger charge is -2.31. The summed E-state index contributed by atoms with van der Waals surface area (Å²) in [6.45, 7) is 0.353. The molecule has 23 heavy (non-hydrogen) atoms. The van der Waals surface area contributed by atoms with E-state index in [9.17, 15) is 13.2 Å². The smallest absolute Gasteiger partial charge is 0.240 e. The highest BCUT2D eigenvalue weighted by atomic mass is 32.2. The molecule has 2 rings (SSSR count). The van der Waals surface area contributed by atoms with E-state index < -0.39 is 15.4 Å². The standard InChI is InChI=1S/C17H26N2O3S/c18-17(10-5-2-6-11-17)16(20)19-12-7-13-23(21,22)14-15-8-3-1-4-9-15/h1,3-4,8-9H,2,5-7,10-14,18H2,(H,19,20). The first kappa shape index (κ1) is 17.9. The van der Waals surface area contributed by atoms with Crippen LogP contribution in [0.1, 0.15) is 44.1 Å². The van der Waals surface area contributed by atoms with Gasteiger partial charge in [0.2, 0.25) is 5.91 Å². The second kappa shape index (κ2) is 7.93. The Kier molecular flexibility index (Phi) is 6.18. The number of nitrogens with one attached hydrogen (secondary N) is 1. The highest BCUT2D eigenvalue weighted by Crippen LogP contribution is 2.25. The van der Waals surface area contributed by atoms with Gasteiger partial charge in [-0.15, -0.1) is 0 Å². The summed E-state index contributed by atoms with van der Waals surface area (Å²) in [7, 11) is -3.16. The van der Waals surface area contributed by atoms with E-state index in [1.807, 2.05) is 18.2 Å². The van der Waals surface area contributed by atoms with Crippen LogP contribution >= 0.6 is 0 Å². The highest BCUT2D eigenvalue weighted by molar-refractivity contribution is 7.90. The Morgan fingerprint density at radius 1 is 1.13 bits per heavy atom. The van der Waals surface area contributed by atoms with Crippen molar-refractivity contribution in [1.29, 1.82) is 0 Å². The van der Waals surface area contributed by atoms with Gasteiger partial charge in [0.05, 0.1) is 17.0 Å². The Morgan fingerprint density at radius 3 is 2.43 bits per heavy atom. The zero-order valence-electron chi connectivity index (χ0n) is 13.5. The van der Waals surface area contributed by atoms with E-state index in [0.29, 0.717) is 25.8 Å². The first-order valence-electron chi connectivity index (χ1n) is 8.23. The van der Waals surface area contributed by atoms with Crippen molar-refractivity contribution in [2.75, 3.05) is 12.3 Å².